The summed E-state index contributed by atoms with van der Waals surface area (Å²) in [5.74, 6) is -3.64. The zero-order valence-electron chi connectivity index (χ0n) is 13.7. The maximum Gasteiger partial charge on any atom is 0.309 e. The fraction of sp³-hybridized carbons (Fsp3) is 0.733. The Morgan fingerprint density at radius 1 is 0.783 bits per heavy atom. The van der Waals surface area contributed by atoms with Gasteiger partial charge in [-0.1, -0.05) is 6.92 Å². The van der Waals surface area contributed by atoms with Crippen LogP contribution in [0, 0.1) is 11.3 Å². The number of carbonyl (C=O) groups is 4. The zero-order valence-corrected chi connectivity index (χ0v) is 13.7. The SMILES string of the molecule is CC(CCC(=O)O)C(C)(C)C(=O)O.O=C(O)CCCCC(=O)O. The van der Waals surface area contributed by atoms with Gasteiger partial charge in [0, 0.05) is 19.3 Å². The molecule has 0 heterocycles. The van der Waals surface area contributed by atoms with Crippen LogP contribution in [0.25, 0.3) is 0 Å². The van der Waals surface area contributed by atoms with E-state index in [9.17, 15) is 19.2 Å². The molecule has 1 atom stereocenters. The Morgan fingerprint density at radius 3 is 1.39 bits per heavy atom. The molecular weight excluding hydrogens is 308 g/mol. The molecule has 0 amide bonds. The van der Waals surface area contributed by atoms with Crippen LogP contribution in [0.5, 0.6) is 0 Å². The maximum absolute atomic E-state index is 10.8. The Kier molecular flexibility index (Phi) is 11.5. The second-order valence-electron chi connectivity index (χ2n) is 5.85. The first-order chi connectivity index (χ1) is 10.4. The van der Waals surface area contributed by atoms with E-state index in [1.54, 1.807) is 20.8 Å². The molecular formula is C15H26O8. The van der Waals surface area contributed by atoms with E-state index in [0.717, 1.165) is 0 Å². The number of aliphatic carboxylic acids is 4. The molecule has 0 saturated heterocycles. The van der Waals surface area contributed by atoms with Crippen molar-refractivity contribution in [2.24, 2.45) is 11.3 Å². The van der Waals surface area contributed by atoms with E-state index in [4.69, 9.17) is 20.4 Å². The van der Waals surface area contributed by atoms with Crippen molar-refractivity contribution in [1.29, 1.82) is 0 Å². The summed E-state index contributed by atoms with van der Waals surface area (Å²) < 4.78 is 0. The second-order valence-corrected chi connectivity index (χ2v) is 5.85. The number of hydrogen-bond donors (Lipinski definition) is 4. The zero-order chi connectivity index (χ0) is 18.6. The number of carboxylic acid groups (broad SMARTS) is 4. The molecule has 23 heavy (non-hydrogen) atoms. The largest absolute Gasteiger partial charge is 0.481 e. The monoisotopic (exact) mass is 334 g/mol. The highest BCUT2D eigenvalue weighted by Gasteiger charge is 2.33. The minimum absolute atomic E-state index is 0.0257. The van der Waals surface area contributed by atoms with Crippen LogP contribution in [0.1, 0.15) is 59.3 Å². The summed E-state index contributed by atoms with van der Waals surface area (Å²) in [7, 11) is 0. The fourth-order valence-electron chi connectivity index (χ4n) is 1.46. The van der Waals surface area contributed by atoms with Crippen molar-refractivity contribution < 1.29 is 39.6 Å². The van der Waals surface area contributed by atoms with Gasteiger partial charge in [0.25, 0.3) is 0 Å². The van der Waals surface area contributed by atoms with Crippen molar-refractivity contribution in [3.05, 3.63) is 0 Å². The van der Waals surface area contributed by atoms with Crippen LogP contribution < -0.4 is 0 Å². The molecule has 0 bridgehead atoms. The summed E-state index contributed by atoms with van der Waals surface area (Å²) in [6.45, 7) is 4.99. The summed E-state index contributed by atoms with van der Waals surface area (Å²) in [4.78, 5) is 40.8. The van der Waals surface area contributed by atoms with Crippen molar-refractivity contribution in [1.82, 2.24) is 0 Å². The lowest BCUT2D eigenvalue weighted by Crippen LogP contribution is -2.31. The Morgan fingerprint density at radius 2 is 1.13 bits per heavy atom. The summed E-state index contributed by atoms with van der Waals surface area (Å²) in [6.07, 6.45) is 1.44. The van der Waals surface area contributed by atoms with Gasteiger partial charge in [-0.05, 0) is 39.0 Å². The minimum Gasteiger partial charge on any atom is -0.481 e. The lowest BCUT2D eigenvalue weighted by atomic mass is 9.78. The summed E-state index contributed by atoms with van der Waals surface area (Å²) in [5, 5.41) is 33.5. The van der Waals surface area contributed by atoms with E-state index in [2.05, 4.69) is 0 Å². The fourth-order valence-corrected chi connectivity index (χ4v) is 1.46. The topological polar surface area (TPSA) is 149 Å². The summed E-state index contributed by atoms with van der Waals surface area (Å²) in [5.41, 5.74) is -0.852. The molecule has 0 spiro atoms. The minimum atomic E-state index is -0.884. The highest BCUT2D eigenvalue weighted by molar-refractivity contribution is 5.74. The van der Waals surface area contributed by atoms with Gasteiger partial charge in [-0.15, -0.1) is 0 Å². The van der Waals surface area contributed by atoms with Crippen LogP contribution in [0.2, 0.25) is 0 Å². The van der Waals surface area contributed by atoms with Crippen LogP contribution in [0.15, 0.2) is 0 Å². The molecule has 4 N–H and O–H groups in total. The highest BCUT2D eigenvalue weighted by atomic mass is 16.4. The quantitative estimate of drug-likeness (QED) is 0.444. The van der Waals surface area contributed by atoms with Crippen molar-refractivity contribution >= 4 is 23.9 Å². The molecule has 0 aliphatic heterocycles. The average Bonchev–Trinajstić information content (AvgIpc) is 2.40. The first kappa shape index (κ1) is 23.2. The predicted octanol–water partition coefficient (Wildman–Crippen LogP) is 2.31. The van der Waals surface area contributed by atoms with E-state index < -0.39 is 29.3 Å². The van der Waals surface area contributed by atoms with Crippen LogP contribution in [-0.4, -0.2) is 44.3 Å². The third-order valence-corrected chi connectivity index (χ3v) is 3.61. The van der Waals surface area contributed by atoms with Gasteiger partial charge >= 0.3 is 23.9 Å². The number of hydrogen-bond acceptors (Lipinski definition) is 4. The molecule has 8 nitrogen and oxygen atoms in total. The molecule has 1 unspecified atom stereocenters. The lowest BCUT2D eigenvalue weighted by molar-refractivity contribution is -0.150. The summed E-state index contributed by atoms with van der Waals surface area (Å²) >= 11 is 0. The summed E-state index contributed by atoms with van der Waals surface area (Å²) in [6, 6.07) is 0. The Labute approximate surface area is 135 Å². The van der Waals surface area contributed by atoms with Crippen molar-refractivity contribution in [2.75, 3.05) is 0 Å². The first-order valence-electron chi connectivity index (χ1n) is 7.30. The van der Waals surface area contributed by atoms with Gasteiger partial charge in [-0.25, -0.2) is 0 Å². The van der Waals surface area contributed by atoms with Gasteiger partial charge in [0.2, 0.25) is 0 Å². The molecule has 0 aromatic carbocycles. The smallest absolute Gasteiger partial charge is 0.309 e. The van der Waals surface area contributed by atoms with E-state index in [1.807, 2.05) is 0 Å². The van der Waals surface area contributed by atoms with E-state index >= 15 is 0 Å². The van der Waals surface area contributed by atoms with Crippen LogP contribution in [-0.2, 0) is 19.2 Å². The van der Waals surface area contributed by atoms with Crippen molar-refractivity contribution in [3.63, 3.8) is 0 Å². The Balaban J connectivity index is 0. The van der Waals surface area contributed by atoms with Gasteiger partial charge < -0.3 is 20.4 Å². The molecule has 0 saturated carbocycles. The molecule has 0 radical (unpaired) electrons. The van der Waals surface area contributed by atoms with Gasteiger partial charge in [-0.3, -0.25) is 19.2 Å². The van der Waals surface area contributed by atoms with Gasteiger partial charge in [0.1, 0.15) is 0 Å². The third kappa shape index (κ3) is 13.3. The molecule has 0 aromatic rings. The lowest BCUT2D eigenvalue weighted by Gasteiger charge is -2.26. The number of carboxylic acids is 4. The molecule has 0 aliphatic rings. The Bertz CT molecular complexity index is 398. The Hall–Kier alpha value is -2.12. The van der Waals surface area contributed by atoms with Crippen molar-refractivity contribution in [3.8, 4) is 0 Å². The average molecular weight is 334 g/mol. The van der Waals surface area contributed by atoms with E-state index in [1.165, 1.54) is 0 Å². The molecule has 0 aromatic heterocycles. The van der Waals surface area contributed by atoms with Gasteiger partial charge in [0.15, 0.2) is 0 Å². The van der Waals surface area contributed by atoms with E-state index in [0.29, 0.717) is 19.3 Å². The normalized spacial score (nSPS) is 11.8. The number of unbranched alkanes of at least 4 members (excludes halogenated alkanes) is 1. The van der Waals surface area contributed by atoms with Crippen LogP contribution in [0.4, 0.5) is 0 Å². The van der Waals surface area contributed by atoms with Crippen LogP contribution >= 0.6 is 0 Å². The molecule has 0 aliphatic carbocycles. The van der Waals surface area contributed by atoms with Gasteiger partial charge in [0.05, 0.1) is 5.41 Å². The van der Waals surface area contributed by atoms with Crippen molar-refractivity contribution in [2.45, 2.75) is 59.3 Å². The van der Waals surface area contributed by atoms with Crippen LogP contribution in [0.3, 0.4) is 0 Å². The van der Waals surface area contributed by atoms with Gasteiger partial charge in [-0.2, -0.15) is 0 Å². The molecule has 8 heteroatoms. The molecule has 0 fully saturated rings. The second kappa shape index (κ2) is 11.4. The highest BCUT2D eigenvalue weighted by Crippen LogP contribution is 2.30. The standard InChI is InChI=1S/C9H16O4.C6H10O4/c1-6(4-5-7(10)11)9(2,3)8(12)13;7-5(8)3-1-2-4-6(9)10/h6H,4-5H2,1-3H3,(H,10,11)(H,12,13);1-4H2,(H,7,8)(H,9,10). The van der Waals surface area contributed by atoms with E-state index in [-0.39, 0.29) is 25.2 Å². The first-order valence-corrected chi connectivity index (χ1v) is 7.30. The molecule has 0 rings (SSSR count). The number of rotatable bonds is 10. The predicted molar refractivity (Wildman–Crippen MR) is 81.2 cm³/mol. The third-order valence-electron chi connectivity index (χ3n) is 3.61. The maximum atomic E-state index is 10.8. The molecule has 134 valence electrons.